The van der Waals surface area contributed by atoms with E-state index in [1.54, 1.807) is 7.05 Å². The van der Waals surface area contributed by atoms with Gasteiger partial charge in [-0.25, -0.2) is 0 Å². The molecular formula is C9H13N3O4. The van der Waals surface area contributed by atoms with Gasteiger partial charge >= 0.3 is 5.97 Å². The average molecular weight is 227 g/mol. The van der Waals surface area contributed by atoms with Crippen molar-refractivity contribution in [2.24, 2.45) is 0 Å². The van der Waals surface area contributed by atoms with E-state index in [9.17, 15) is 4.79 Å². The molecule has 0 fully saturated rings. The Hall–Kier alpha value is -2.05. The number of nitrogens with zero attached hydrogens (tertiary/aromatic N) is 3. The van der Waals surface area contributed by atoms with Crippen LogP contribution in [0.15, 0.2) is 6.07 Å². The molecule has 0 saturated carbocycles. The molecule has 0 spiro atoms. The Morgan fingerprint density at radius 2 is 1.88 bits per heavy atom. The molecule has 7 nitrogen and oxygen atoms in total. The van der Waals surface area contributed by atoms with E-state index in [-0.39, 0.29) is 12.5 Å². The second kappa shape index (κ2) is 5.15. The number of anilines is 1. The number of rotatable bonds is 5. The minimum Gasteiger partial charge on any atom is -0.481 e. The SMILES string of the molecule is COc1cc(OC)nc(N(C)CC(=O)O)n1. The van der Waals surface area contributed by atoms with E-state index < -0.39 is 5.97 Å². The first kappa shape index (κ1) is 12.0. The maximum Gasteiger partial charge on any atom is 0.323 e. The summed E-state index contributed by atoms with van der Waals surface area (Å²) in [7, 11) is 4.49. The van der Waals surface area contributed by atoms with Crippen molar-refractivity contribution in [2.75, 3.05) is 32.7 Å². The molecule has 0 aliphatic heterocycles. The van der Waals surface area contributed by atoms with E-state index in [2.05, 4.69) is 9.97 Å². The van der Waals surface area contributed by atoms with Gasteiger partial charge in [0.1, 0.15) is 6.54 Å². The highest BCUT2D eigenvalue weighted by atomic mass is 16.5. The number of aromatic nitrogens is 2. The van der Waals surface area contributed by atoms with Gasteiger partial charge in [0.2, 0.25) is 17.7 Å². The second-order valence-electron chi connectivity index (χ2n) is 3.00. The molecule has 0 aromatic carbocycles. The number of carbonyl (C=O) groups is 1. The molecule has 1 heterocycles. The molecule has 1 rings (SSSR count). The summed E-state index contributed by atoms with van der Waals surface area (Å²) in [6.07, 6.45) is 0. The van der Waals surface area contributed by atoms with Crippen molar-refractivity contribution in [3.63, 3.8) is 0 Å². The van der Waals surface area contributed by atoms with Crippen LogP contribution in [0.25, 0.3) is 0 Å². The number of ether oxygens (including phenoxy) is 2. The lowest BCUT2D eigenvalue weighted by Gasteiger charge is -2.15. The molecule has 1 aromatic heterocycles. The van der Waals surface area contributed by atoms with Gasteiger partial charge in [0.15, 0.2) is 0 Å². The molecule has 1 N–H and O–H groups in total. The van der Waals surface area contributed by atoms with Crippen molar-refractivity contribution in [3.05, 3.63) is 6.07 Å². The lowest BCUT2D eigenvalue weighted by Crippen LogP contribution is -2.27. The van der Waals surface area contributed by atoms with Gasteiger partial charge in [0.05, 0.1) is 20.3 Å². The summed E-state index contributed by atoms with van der Waals surface area (Å²) in [5.41, 5.74) is 0. The summed E-state index contributed by atoms with van der Waals surface area (Å²) in [5.74, 6) is -0.0929. The van der Waals surface area contributed by atoms with Gasteiger partial charge in [0.25, 0.3) is 0 Å². The Morgan fingerprint density at radius 3 is 2.25 bits per heavy atom. The largest absolute Gasteiger partial charge is 0.481 e. The van der Waals surface area contributed by atoms with Gasteiger partial charge in [0, 0.05) is 7.05 Å². The monoisotopic (exact) mass is 227 g/mol. The summed E-state index contributed by atoms with van der Waals surface area (Å²) in [6, 6.07) is 1.51. The van der Waals surface area contributed by atoms with E-state index >= 15 is 0 Å². The van der Waals surface area contributed by atoms with Crippen molar-refractivity contribution < 1.29 is 19.4 Å². The molecule has 0 radical (unpaired) electrons. The molecule has 16 heavy (non-hydrogen) atoms. The standard InChI is InChI=1S/C9H13N3O4/c1-12(5-8(13)14)9-10-6(15-2)4-7(11-9)16-3/h4H,5H2,1-3H3,(H,13,14). The molecule has 0 bridgehead atoms. The highest BCUT2D eigenvalue weighted by molar-refractivity contribution is 5.72. The zero-order valence-electron chi connectivity index (χ0n) is 9.30. The molecule has 0 saturated heterocycles. The smallest absolute Gasteiger partial charge is 0.323 e. The summed E-state index contributed by atoms with van der Waals surface area (Å²) in [4.78, 5) is 19.9. The Labute approximate surface area is 92.6 Å². The van der Waals surface area contributed by atoms with E-state index in [1.807, 2.05) is 0 Å². The minimum absolute atomic E-state index is 0.198. The summed E-state index contributed by atoms with van der Waals surface area (Å²) in [5, 5.41) is 8.64. The first-order chi connectivity index (χ1) is 7.56. The summed E-state index contributed by atoms with van der Waals surface area (Å²) < 4.78 is 9.89. The third-order valence-corrected chi connectivity index (χ3v) is 1.80. The second-order valence-corrected chi connectivity index (χ2v) is 3.00. The lowest BCUT2D eigenvalue weighted by atomic mass is 10.5. The van der Waals surface area contributed by atoms with Crippen LogP contribution in [0.5, 0.6) is 11.8 Å². The van der Waals surface area contributed by atoms with Gasteiger partial charge < -0.3 is 19.5 Å². The van der Waals surface area contributed by atoms with Crippen LogP contribution in [0.4, 0.5) is 5.95 Å². The maximum atomic E-state index is 10.5. The van der Waals surface area contributed by atoms with Crippen molar-refractivity contribution in [1.29, 1.82) is 0 Å². The number of aliphatic carboxylic acids is 1. The predicted octanol–water partition coefficient (Wildman–Crippen LogP) is 0.0146. The fraction of sp³-hybridized carbons (Fsp3) is 0.444. The van der Waals surface area contributed by atoms with E-state index in [0.717, 1.165) is 0 Å². The zero-order valence-corrected chi connectivity index (χ0v) is 9.30. The molecule has 7 heteroatoms. The van der Waals surface area contributed by atoms with Crippen LogP contribution < -0.4 is 14.4 Å². The maximum absolute atomic E-state index is 10.5. The predicted molar refractivity (Wildman–Crippen MR) is 56.0 cm³/mol. The first-order valence-corrected chi connectivity index (χ1v) is 4.46. The van der Waals surface area contributed by atoms with Crippen LogP contribution in [0.3, 0.4) is 0 Å². The third kappa shape index (κ3) is 2.97. The first-order valence-electron chi connectivity index (χ1n) is 4.46. The minimum atomic E-state index is -0.965. The highest BCUT2D eigenvalue weighted by Crippen LogP contribution is 2.18. The third-order valence-electron chi connectivity index (χ3n) is 1.80. The quantitative estimate of drug-likeness (QED) is 0.758. The Kier molecular flexibility index (Phi) is 3.87. The molecule has 0 aliphatic rings. The van der Waals surface area contributed by atoms with Crippen molar-refractivity contribution in [1.82, 2.24) is 9.97 Å². The average Bonchev–Trinajstić information content (AvgIpc) is 2.27. The van der Waals surface area contributed by atoms with Gasteiger partial charge in [-0.3, -0.25) is 4.79 Å². The fourth-order valence-corrected chi connectivity index (χ4v) is 1.05. The van der Waals surface area contributed by atoms with E-state index in [4.69, 9.17) is 14.6 Å². The topological polar surface area (TPSA) is 84.8 Å². The Balaban J connectivity index is 2.97. The van der Waals surface area contributed by atoms with E-state index in [1.165, 1.54) is 25.2 Å². The number of carboxylic acids is 1. The molecule has 0 atom stereocenters. The van der Waals surface area contributed by atoms with Crippen LogP contribution in [0.2, 0.25) is 0 Å². The van der Waals surface area contributed by atoms with Gasteiger partial charge in [-0.15, -0.1) is 0 Å². The lowest BCUT2D eigenvalue weighted by molar-refractivity contribution is -0.135. The Morgan fingerprint density at radius 1 is 1.38 bits per heavy atom. The zero-order chi connectivity index (χ0) is 12.1. The number of methoxy groups -OCH3 is 2. The number of likely N-dealkylation sites (N-methyl/N-ethyl adjacent to an activating group) is 1. The number of carboxylic acid groups (broad SMARTS) is 1. The summed E-state index contributed by atoms with van der Waals surface area (Å²) >= 11 is 0. The molecule has 0 aliphatic carbocycles. The van der Waals surface area contributed by atoms with Gasteiger partial charge in [-0.05, 0) is 0 Å². The van der Waals surface area contributed by atoms with Crippen LogP contribution in [-0.4, -0.2) is 48.9 Å². The van der Waals surface area contributed by atoms with Crippen LogP contribution in [-0.2, 0) is 4.79 Å². The van der Waals surface area contributed by atoms with Crippen LogP contribution in [0.1, 0.15) is 0 Å². The van der Waals surface area contributed by atoms with Crippen molar-refractivity contribution >= 4 is 11.9 Å². The Bertz CT molecular complexity index is 361. The van der Waals surface area contributed by atoms with Crippen LogP contribution >= 0.6 is 0 Å². The highest BCUT2D eigenvalue weighted by Gasteiger charge is 2.12. The number of hydrogen-bond donors (Lipinski definition) is 1. The van der Waals surface area contributed by atoms with Gasteiger partial charge in [-0.2, -0.15) is 9.97 Å². The van der Waals surface area contributed by atoms with Gasteiger partial charge in [-0.1, -0.05) is 0 Å². The number of hydrogen-bond acceptors (Lipinski definition) is 6. The molecule has 0 unspecified atom stereocenters. The molecule has 1 aromatic rings. The normalized spacial score (nSPS) is 9.69. The fourth-order valence-electron chi connectivity index (χ4n) is 1.05. The van der Waals surface area contributed by atoms with E-state index in [0.29, 0.717) is 11.8 Å². The molecular weight excluding hydrogens is 214 g/mol. The summed E-state index contributed by atoms with van der Waals surface area (Å²) in [6.45, 7) is -0.198. The van der Waals surface area contributed by atoms with Crippen molar-refractivity contribution in [3.8, 4) is 11.8 Å². The molecule has 88 valence electrons. The van der Waals surface area contributed by atoms with Crippen LogP contribution in [0, 0.1) is 0 Å². The van der Waals surface area contributed by atoms with Crippen molar-refractivity contribution in [2.45, 2.75) is 0 Å². The molecule has 0 amide bonds.